The number of hydrogen-bond acceptors (Lipinski definition) is 2. The van der Waals surface area contributed by atoms with Crippen LogP contribution in [0.25, 0.3) is 33.1 Å². The number of fused-ring (bicyclic) bond motifs is 3. The molecule has 4 aromatic rings. The van der Waals surface area contributed by atoms with Gasteiger partial charge in [0.25, 0.3) is 0 Å². The monoisotopic (exact) mass is 260 g/mol. The van der Waals surface area contributed by atoms with Gasteiger partial charge in [-0.1, -0.05) is 36.4 Å². The predicted octanol–water partition coefficient (Wildman–Crippen LogP) is 4.96. The Balaban J connectivity index is 1.98. The zero-order valence-corrected chi connectivity index (χ0v) is 10.7. The van der Waals surface area contributed by atoms with Crippen molar-refractivity contribution in [1.82, 2.24) is 0 Å². The zero-order valence-electron chi connectivity index (χ0n) is 10.7. The first kappa shape index (κ1) is 11.1. The average molecular weight is 260 g/mol. The Bertz CT molecular complexity index is 905. The molecule has 3 aromatic carbocycles. The van der Waals surface area contributed by atoms with Crippen LogP contribution in [0.1, 0.15) is 0 Å². The summed E-state index contributed by atoms with van der Waals surface area (Å²) < 4.78 is 5.86. The van der Waals surface area contributed by atoms with Gasteiger partial charge >= 0.3 is 0 Å². The Kier molecular flexibility index (Phi) is 2.30. The summed E-state index contributed by atoms with van der Waals surface area (Å²) in [7, 11) is 0. The van der Waals surface area contributed by atoms with Crippen molar-refractivity contribution in [2.24, 2.45) is 0 Å². The van der Waals surface area contributed by atoms with Gasteiger partial charge in [0.2, 0.25) is 0 Å². The second kappa shape index (κ2) is 4.14. The molecule has 0 saturated heterocycles. The first-order chi connectivity index (χ1) is 9.81. The molecule has 0 radical (unpaired) electrons. The second-order valence-electron chi connectivity index (χ2n) is 4.86. The van der Waals surface area contributed by atoms with E-state index in [4.69, 9.17) is 4.42 Å². The topological polar surface area (TPSA) is 33.4 Å². The smallest absolute Gasteiger partial charge is 0.136 e. The fourth-order valence-electron chi connectivity index (χ4n) is 2.58. The van der Waals surface area contributed by atoms with Crippen LogP contribution < -0.4 is 0 Å². The largest absolute Gasteiger partial charge is 0.508 e. The second-order valence-corrected chi connectivity index (χ2v) is 4.86. The van der Waals surface area contributed by atoms with Crippen molar-refractivity contribution >= 4 is 21.9 Å². The van der Waals surface area contributed by atoms with Crippen molar-refractivity contribution in [2.75, 3.05) is 0 Å². The van der Waals surface area contributed by atoms with E-state index in [1.165, 1.54) is 0 Å². The van der Waals surface area contributed by atoms with Crippen molar-refractivity contribution in [1.29, 1.82) is 0 Å². The van der Waals surface area contributed by atoms with Crippen LogP contribution in [-0.2, 0) is 0 Å². The fourth-order valence-corrected chi connectivity index (χ4v) is 2.58. The van der Waals surface area contributed by atoms with Gasteiger partial charge < -0.3 is 9.52 Å². The molecule has 0 aliphatic rings. The van der Waals surface area contributed by atoms with Gasteiger partial charge in [0.15, 0.2) is 0 Å². The third-order valence-electron chi connectivity index (χ3n) is 3.56. The number of furan rings is 1. The first-order valence-corrected chi connectivity index (χ1v) is 6.52. The minimum atomic E-state index is 0.257. The summed E-state index contributed by atoms with van der Waals surface area (Å²) in [6.07, 6.45) is 0. The van der Waals surface area contributed by atoms with Gasteiger partial charge in [-0.25, -0.2) is 0 Å². The predicted molar refractivity (Wildman–Crippen MR) is 80.8 cm³/mol. The maximum absolute atomic E-state index is 9.60. The maximum Gasteiger partial charge on any atom is 0.136 e. The SMILES string of the molecule is Oc1ccc2oc3cc(-c4ccccc4)ccc3c2c1. The Morgan fingerprint density at radius 2 is 1.50 bits per heavy atom. The van der Waals surface area contributed by atoms with Crippen LogP contribution in [0.15, 0.2) is 71.1 Å². The van der Waals surface area contributed by atoms with E-state index >= 15 is 0 Å². The van der Waals surface area contributed by atoms with Crippen LogP contribution in [0.2, 0.25) is 0 Å². The van der Waals surface area contributed by atoms with E-state index in [0.717, 1.165) is 33.1 Å². The minimum absolute atomic E-state index is 0.257. The zero-order chi connectivity index (χ0) is 13.5. The summed E-state index contributed by atoms with van der Waals surface area (Å²) in [4.78, 5) is 0. The van der Waals surface area contributed by atoms with E-state index in [1.807, 2.05) is 30.3 Å². The minimum Gasteiger partial charge on any atom is -0.508 e. The molecule has 1 N–H and O–H groups in total. The molecule has 4 rings (SSSR count). The Morgan fingerprint density at radius 1 is 0.650 bits per heavy atom. The van der Waals surface area contributed by atoms with Gasteiger partial charge in [-0.05, 0) is 41.5 Å². The van der Waals surface area contributed by atoms with E-state index in [-0.39, 0.29) is 5.75 Å². The third-order valence-corrected chi connectivity index (χ3v) is 3.56. The van der Waals surface area contributed by atoms with Crippen molar-refractivity contribution < 1.29 is 9.52 Å². The highest BCUT2D eigenvalue weighted by Crippen LogP contribution is 2.33. The highest BCUT2D eigenvalue weighted by atomic mass is 16.3. The molecule has 0 aliphatic heterocycles. The van der Waals surface area contributed by atoms with E-state index in [2.05, 4.69) is 18.2 Å². The van der Waals surface area contributed by atoms with Crippen LogP contribution in [0.5, 0.6) is 5.75 Å². The van der Waals surface area contributed by atoms with E-state index < -0.39 is 0 Å². The lowest BCUT2D eigenvalue weighted by Crippen LogP contribution is -1.76. The molecule has 0 atom stereocenters. The molecule has 2 heteroatoms. The third kappa shape index (κ3) is 1.66. The highest BCUT2D eigenvalue weighted by Gasteiger charge is 2.08. The molecule has 0 unspecified atom stereocenters. The van der Waals surface area contributed by atoms with E-state index in [0.29, 0.717) is 0 Å². The molecular weight excluding hydrogens is 248 g/mol. The van der Waals surface area contributed by atoms with Crippen molar-refractivity contribution in [3.63, 3.8) is 0 Å². The number of aromatic hydroxyl groups is 1. The van der Waals surface area contributed by atoms with E-state index in [1.54, 1.807) is 18.2 Å². The van der Waals surface area contributed by atoms with Gasteiger partial charge in [-0.2, -0.15) is 0 Å². The van der Waals surface area contributed by atoms with Crippen molar-refractivity contribution in [3.8, 4) is 16.9 Å². The van der Waals surface area contributed by atoms with Crippen LogP contribution in [0.3, 0.4) is 0 Å². The summed E-state index contributed by atoms with van der Waals surface area (Å²) in [5.41, 5.74) is 3.93. The van der Waals surface area contributed by atoms with Gasteiger partial charge in [-0.15, -0.1) is 0 Å². The summed E-state index contributed by atoms with van der Waals surface area (Å²) in [5.74, 6) is 0.257. The highest BCUT2D eigenvalue weighted by molar-refractivity contribution is 6.06. The molecular formula is C18H12O2. The lowest BCUT2D eigenvalue weighted by atomic mass is 10.0. The normalized spacial score (nSPS) is 11.2. The number of benzene rings is 3. The molecule has 0 aliphatic carbocycles. The Hall–Kier alpha value is -2.74. The van der Waals surface area contributed by atoms with E-state index in [9.17, 15) is 5.11 Å². The standard InChI is InChI=1S/C18H12O2/c19-14-7-9-17-16(11-14)15-8-6-13(10-18(15)20-17)12-4-2-1-3-5-12/h1-11,19H. The molecule has 0 amide bonds. The van der Waals surface area contributed by atoms with Gasteiger partial charge in [0.05, 0.1) is 0 Å². The molecule has 1 heterocycles. The molecule has 0 spiro atoms. The number of hydrogen-bond donors (Lipinski definition) is 1. The van der Waals surface area contributed by atoms with Crippen molar-refractivity contribution in [3.05, 3.63) is 66.7 Å². The quantitative estimate of drug-likeness (QED) is 0.525. The van der Waals surface area contributed by atoms with Crippen LogP contribution in [-0.4, -0.2) is 5.11 Å². The number of phenolic OH excluding ortho intramolecular Hbond substituents is 1. The molecule has 1 aromatic heterocycles. The summed E-state index contributed by atoms with van der Waals surface area (Å²) in [6.45, 7) is 0. The van der Waals surface area contributed by atoms with Gasteiger partial charge in [0, 0.05) is 10.8 Å². The Labute approximate surface area is 115 Å². The Morgan fingerprint density at radius 3 is 2.35 bits per heavy atom. The summed E-state index contributed by atoms with van der Waals surface area (Å²) in [6, 6.07) is 21.6. The summed E-state index contributed by atoms with van der Waals surface area (Å²) in [5, 5.41) is 11.6. The van der Waals surface area contributed by atoms with Crippen LogP contribution >= 0.6 is 0 Å². The molecule has 2 nitrogen and oxygen atoms in total. The van der Waals surface area contributed by atoms with Crippen LogP contribution in [0, 0.1) is 0 Å². The summed E-state index contributed by atoms with van der Waals surface area (Å²) >= 11 is 0. The number of rotatable bonds is 1. The first-order valence-electron chi connectivity index (χ1n) is 6.52. The van der Waals surface area contributed by atoms with Crippen molar-refractivity contribution in [2.45, 2.75) is 0 Å². The average Bonchev–Trinajstić information content (AvgIpc) is 2.85. The molecule has 0 bridgehead atoms. The number of phenols is 1. The molecule has 0 saturated carbocycles. The van der Waals surface area contributed by atoms with Gasteiger partial charge in [0.1, 0.15) is 16.9 Å². The van der Waals surface area contributed by atoms with Crippen LogP contribution in [0.4, 0.5) is 0 Å². The molecule has 20 heavy (non-hydrogen) atoms. The lowest BCUT2D eigenvalue weighted by molar-refractivity contribution is 0.476. The fraction of sp³-hybridized carbons (Fsp3) is 0. The lowest BCUT2D eigenvalue weighted by Gasteiger charge is -2.00. The molecule has 0 fully saturated rings. The molecule has 96 valence electrons. The maximum atomic E-state index is 9.60. The van der Waals surface area contributed by atoms with Gasteiger partial charge in [-0.3, -0.25) is 0 Å².